The van der Waals surface area contributed by atoms with Crippen LogP contribution in [0.5, 0.6) is 0 Å². The molecule has 1 saturated heterocycles. The third-order valence-corrected chi connectivity index (χ3v) is 3.25. The van der Waals surface area contributed by atoms with E-state index < -0.39 is 12.1 Å². The minimum Gasteiger partial charge on any atom is -0.343 e. The summed E-state index contributed by atoms with van der Waals surface area (Å²) in [7, 11) is 0. The van der Waals surface area contributed by atoms with Gasteiger partial charge >= 0.3 is 0 Å². The highest BCUT2D eigenvalue weighted by Crippen LogP contribution is 2.17. The van der Waals surface area contributed by atoms with E-state index in [-0.39, 0.29) is 18.4 Å². The number of nitrogens with one attached hydrogen (secondary N) is 1. The molecular formula is C12H18N4O3. The molecule has 0 bridgehead atoms. The second-order valence-electron chi connectivity index (χ2n) is 4.59. The summed E-state index contributed by atoms with van der Waals surface area (Å²) in [5, 5.41) is 6.43. The van der Waals surface area contributed by atoms with Crippen molar-refractivity contribution >= 4 is 11.8 Å². The predicted molar refractivity (Wildman–Crippen MR) is 65.9 cm³/mol. The molecule has 1 aromatic rings. The van der Waals surface area contributed by atoms with E-state index in [0.29, 0.717) is 24.6 Å². The Morgan fingerprint density at radius 3 is 2.58 bits per heavy atom. The van der Waals surface area contributed by atoms with E-state index in [1.54, 1.807) is 6.92 Å². The van der Waals surface area contributed by atoms with E-state index in [9.17, 15) is 9.59 Å². The van der Waals surface area contributed by atoms with Gasteiger partial charge in [-0.25, -0.2) is 0 Å². The summed E-state index contributed by atoms with van der Waals surface area (Å²) in [6, 6.07) is -0.929. The lowest BCUT2D eigenvalue weighted by atomic mass is 10.0. The first kappa shape index (κ1) is 13.5. The van der Waals surface area contributed by atoms with Crippen LogP contribution in [0.2, 0.25) is 0 Å². The van der Waals surface area contributed by atoms with Gasteiger partial charge in [-0.05, 0) is 19.8 Å². The van der Waals surface area contributed by atoms with Crippen LogP contribution in [-0.4, -0.2) is 38.9 Å². The highest BCUT2D eigenvalue weighted by atomic mass is 16.5. The maximum atomic E-state index is 12.3. The molecule has 104 valence electrons. The van der Waals surface area contributed by atoms with Crippen LogP contribution in [-0.2, 0) is 16.1 Å². The first-order chi connectivity index (χ1) is 9.06. The van der Waals surface area contributed by atoms with E-state index in [2.05, 4.69) is 15.5 Å². The largest absolute Gasteiger partial charge is 0.343 e. The lowest BCUT2D eigenvalue weighted by Crippen LogP contribution is -2.62. The van der Waals surface area contributed by atoms with Crippen LogP contribution >= 0.6 is 0 Å². The molecule has 1 fully saturated rings. The van der Waals surface area contributed by atoms with Gasteiger partial charge in [0.2, 0.25) is 17.7 Å². The Kier molecular flexibility index (Phi) is 3.82. The molecule has 0 saturated carbocycles. The molecule has 1 aliphatic rings. The standard InChI is InChI=1S/C12H18N4O3/c1-4-8-12(18)16(9(5-2)11(17)14-8)6-10-13-7(3)15-19-10/h8-9H,4-6H2,1-3H3,(H,14,17). The summed E-state index contributed by atoms with van der Waals surface area (Å²) in [5.41, 5.74) is 0. The Bertz CT molecular complexity index is 485. The van der Waals surface area contributed by atoms with Gasteiger partial charge in [0.1, 0.15) is 18.6 Å². The number of aromatic nitrogens is 2. The highest BCUT2D eigenvalue weighted by molar-refractivity contribution is 5.96. The molecule has 7 heteroatoms. The quantitative estimate of drug-likeness (QED) is 0.851. The van der Waals surface area contributed by atoms with Gasteiger partial charge < -0.3 is 14.7 Å². The number of carbonyl (C=O) groups is 2. The normalized spacial score (nSPS) is 23.6. The number of carbonyl (C=O) groups excluding carboxylic acids is 2. The number of hydrogen-bond acceptors (Lipinski definition) is 5. The molecular weight excluding hydrogens is 248 g/mol. The first-order valence-corrected chi connectivity index (χ1v) is 6.46. The molecule has 0 spiro atoms. The zero-order valence-electron chi connectivity index (χ0n) is 11.3. The van der Waals surface area contributed by atoms with Crippen LogP contribution in [0.15, 0.2) is 4.52 Å². The van der Waals surface area contributed by atoms with Gasteiger partial charge in [0.05, 0.1) is 0 Å². The first-order valence-electron chi connectivity index (χ1n) is 6.46. The van der Waals surface area contributed by atoms with Gasteiger partial charge in [0, 0.05) is 0 Å². The fourth-order valence-electron chi connectivity index (χ4n) is 2.25. The zero-order chi connectivity index (χ0) is 14.0. The maximum absolute atomic E-state index is 12.3. The van der Waals surface area contributed by atoms with E-state index in [1.165, 1.54) is 4.90 Å². The Morgan fingerprint density at radius 1 is 1.32 bits per heavy atom. The Labute approximate surface area is 111 Å². The van der Waals surface area contributed by atoms with E-state index in [0.717, 1.165) is 0 Å². The van der Waals surface area contributed by atoms with Crippen LogP contribution in [0.1, 0.15) is 38.4 Å². The summed E-state index contributed by atoms with van der Waals surface area (Å²) in [6.45, 7) is 5.63. The summed E-state index contributed by atoms with van der Waals surface area (Å²) < 4.78 is 5.03. The summed E-state index contributed by atoms with van der Waals surface area (Å²) >= 11 is 0. The molecule has 0 aliphatic carbocycles. The van der Waals surface area contributed by atoms with Crippen molar-refractivity contribution in [3.05, 3.63) is 11.7 Å². The number of nitrogens with zero attached hydrogens (tertiary/aromatic N) is 3. The maximum Gasteiger partial charge on any atom is 0.246 e. The molecule has 1 aromatic heterocycles. The molecule has 0 radical (unpaired) electrons. The van der Waals surface area contributed by atoms with Gasteiger partial charge in [0.15, 0.2) is 5.82 Å². The third-order valence-electron chi connectivity index (χ3n) is 3.25. The number of amides is 2. The molecule has 0 aromatic carbocycles. The number of piperazine rings is 1. The number of hydrogen-bond donors (Lipinski definition) is 1. The van der Waals surface area contributed by atoms with Crippen molar-refractivity contribution < 1.29 is 14.1 Å². The Hall–Kier alpha value is -1.92. The van der Waals surface area contributed by atoms with Gasteiger partial charge in [0.25, 0.3) is 0 Å². The van der Waals surface area contributed by atoms with Crippen LogP contribution in [0.25, 0.3) is 0 Å². The fraction of sp³-hybridized carbons (Fsp3) is 0.667. The minimum atomic E-state index is -0.470. The average Bonchev–Trinajstić information content (AvgIpc) is 2.79. The second kappa shape index (κ2) is 5.38. The zero-order valence-corrected chi connectivity index (χ0v) is 11.3. The smallest absolute Gasteiger partial charge is 0.246 e. The van der Waals surface area contributed by atoms with Crippen molar-refractivity contribution in [3.8, 4) is 0 Å². The van der Waals surface area contributed by atoms with Crippen molar-refractivity contribution in [2.45, 2.75) is 52.2 Å². The van der Waals surface area contributed by atoms with Crippen molar-refractivity contribution in [1.82, 2.24) is 20.4 Å². The minimum absolute atomic E-state index is 0.0928. The van der Waals surface area contributed by atoms with Crippen LogP contribution < -0.4 is 5.32 Å². The fourth-order valence-corrected chi connectivity index (χ4v) is 2.25. The van der Waals surface area contributed by atoms with E-state index >= 15 is 0 Å². The molecule has 2 unspecified atom stereocenters. The lowest BCUT2D eigenvalue weighted by Gasteiger charge is -2.37. The van der Waals surface area contributed by atoms with Crippen molar-refractivity contribution in [1.29, 1.82) is 0 Å². The van der Waals surface area contributed by atoms with Gasteiger partial charge in [-0.15, -0.1) is 0 Å². The molecule has 2 heterocycles. The van der Waals surface area contributed by atoms with Gasteiger partial charge in [-0.1, -0.05) is 19.0 Å². The highest BCUT2D eigenvalue weighted by Gasteiger charge is 2.39. The molecule has 1 aliphatic heterocycles. The monoisotopic (exact) mass is 266 g/mol. The third kappa shape index (κ3) is 2.59. The van der Waals surface area contributed by atoms with Crippen molar-refractivity contribution in [2.24, 2.45) is 0 Å². The topological polar surface area (TPSA) is 88.3 Å². The van der Waals surface area contributed by atoms with Gasteiger partial charge in [-0.2, -0.15) is 4.98 Å². The van der Waals surface area contributed by atoms with Crippen molar-refractivity contribution in [2.75, 3.05) is 0 Å². The second-order valence-corrected chi connectivity index (χ2v) is 4.59. The molecule has 2 rings (SSSR count). The van der Waals surface area contributed by atoms with Gasteiger partial charge in [-0.3, -0.25) is 9.59 Å². The SMILES string of the molecule is CCC1NC(=O)C(CC)N(Cc2nc(C)no2)C1=O. The summed E-state index contributed by atoms with van der Waals surface area (Å²) in [4.78, 5) is 29.9. The molecule has 2 atom stereocenters. The lowest BCUT2D eigenvalue weighted by molar-refractivity contribution is -0.150. The molecule has 1 N–H and O–H groups in total. The van der Waals surface area contributed by atoms with Crippen LogP contribution in [0, 0.1) is 6.92 Å². The average molecular weight is 266 g/mol. The Morgan fingerprint density at radius 2 is 2.05 bits per heavy atom. The molecule has 2 amide bonds. The summed E-state index contributed by atoms with van der Waals surface area (Å²) in [6.07, 6.45) is 1.13. The predicted octanol–water partition coefficient (Wildman–Crippen LogP) is 0.394. The Balaban J connectivity index is 2.21. The van der Waals surface area contributed by atoms with E-state index in [4.69, 9.17) is 4.52 Å². The van der Waals surface area contributed by atoms with Crippen LogP contribution in [0.4, 0.5) is 0 Å². The summed E-state index contributed by atoms with van der Waals surface area (Å²) in [5.74, 6) is 0.660. The van der Waals surface area contributed by atoms with E-state index in [1.807, 2.05) is 13.8 Å². The molecule has 7 nitrogen and oxygen atoms in total. The molecule has 19 heavy (non-hydrogen) atoms. The number of rotatable bonds is 4. The van der Waals surface area contributed by atoms with Crippen molar-refractivity contribution in [3.63, 3.8) is 0 Å². The van der Waals surface area contributed by atoms with Crippen LogP contribution in [0.3, 0.4) is 0 Å². The number of aryl methyl sites for hydroxylation is 1.